The molecule has 1 aromatic heterocycles. The quantitative estimate of drug-likeness (QED) is 0.788. The van der Waals surface area contributed by atoms with Crippen molar-refractivity contribution in [1.29, 1.82) is 0 Å². The number of aryl methyl sites for hydroxylation is 1. The summed E-state index contributed by atoms with van der Waals surface area (Å²) in [7, 11) is 1.29. The zero-order valence-corrected chi connectivity index (χ0v) is 14.0. The van der Waals surface area contributed by atoms with E-state index in [4.69, 9.17) is 35.4 Å². The number of halogens is 5. The number of amides is 1. The summed E-state index contributed by atoms with van der Waals surface area (Å²) >= 11 is 17.0. The normalized spacial score (nSPS) is 11.6. The lowest BCUT2D eigenvalue weighted by Crippen LogP contribution is -2.14. The number of benzene rings is 1. The lowest BCUT2D eigenvalue weighted by atomic mass is 10.2. The van der Waals surface area contributed by atoms with Gasteiger partial charge in [-0.15, -0.1) is 5.10 Å². The lowest BCUT2D eigenvalue weighted by molar-refractivity contribution is -0.146. The number of carbonyl (C=O) groups is 1. The highest BCUT2D eigenvalue weighted by molar-refractivity contribution is 7.71. The van der Waals surface area contributed by atoms with Gasteiger partial charge in [0, 0.05) is 14.0 Å². The molecule has 2 aromatic rings. The van der Waals surface area contributed by atoms with E-state index in [0.717, 1.165) is 4.68 Å². The van der Waals surface area contributed by atoms with Crippen molar-refractivity contribution in [2.75, 3.05) is 5.32 Å². The summed E-state index contributed by atoms with van der Waals surface area (Å²) < 4.78 is 40.8. The lowest BCUT2D eigenvalue weighted by Gasteiger charge is -2.13. The molecule has 0 unspecified atom stereocenters. The summed E-state index contributed by atoms with van der Waals surface area (Å²) in [5.41, 5.74) is 0.0908. The van der Waals surface area contributed by atoms with Crippen LogP contribution in [0.5, 0.6) is 0 Å². The van der Waals surface area contributed by atoms with Crippen LogP contribution in [0.2, 0.25) is 10.0 Å². The Hall–Kier alpha value is -1.58. The minimum absolute atomic E-state index is 0.0125. The topological polar surface area (TPSA) is 51.9 Å². The first-order valence-corrected chi connectivity index (χ1v) is 7.19. The van der Waals surface area contributed by atoms with Crippen molar-refractivity contribution in [3.8, 4) is 5.69 Å². The van der Waals surface area contributed by atoms with Crippen LogP contribution in [0, 0.1) is 4.77 Å². The van der Waals surface area contributed by atoms with E-state index in [1.807, 2.05) is 0 Å². The van der Waals surface area contributed by atoms with E-state index < -0.39 is 17.9 Å². The summed E-state index contributed by atoms with van der Waals surface area (Å²) in [6.45, 7) is 1.26. The van der Waals surface area contributed by atoms with Crippen LogP contribution in [-0.2, 0) is 18.0 Å². The molecule has 1 heterocycles. The largest absolute Gasteiger partial charge is 0.452 e. The van der Waals surface area contributed by atoms with Gasteiger partial charge in [-0.05, 0) is 24.4 Å². The molecule has 0 aliphatic carbocycles. The van der Waals surface area contributed by atoms with E-state index in [9.17, 15) is 18.0 Å². The zero-order valence-electron chi connectivity index (χ0n) is 11.7. The predicted molar refractivity (Wildman–Crippen MR) is 82.7 cm³/mol. The van der Waals surface area contributed by atoms with Crippen LogP contribution in [0.4, 0.5) is 18.9 Å². The minimum atomic E-state index is -4.74. The molecule has 5 nitrogen and oxygen atoms in total. The molecule has 0 saturated carbocycles. The Morgan fingerprint density at radius 1 is 1.30 bits per heavy atom. The highest BCUT2D eigenvalue weighted by Gasteiger charge is 2.39. The monoisotopic (exact) mass is 384 g/mol. The average Bonchev–Trinajstić information content (AvgIpc) is 2.69. The molecule has 2 rings (SSSR count). The number of aromatic nitrogens is 3. The highest BCUT2D eigenvalue weighted by atomic mass is 35.5. The number of nitrogens with one attached hydrogen (secondary N) is 1. The second-order valence-corrected chi connectivity index (χ2v) is 5.71. The van der Waals surface area contributed by atoms with Crippen LogP contribution >= 0.6 is 35.4 Å². The van der Waals surface area contributed by atoms with E-state index in [-0.39, 0.29) is 26.2 Å². The molecular formula is C12H9Cl2F3N4OS. The molecule has 0 spiro atoms. The highest BCUT2D eigenvalue weighted by Crippen LogP contribution is 2.36. The number of nitrogens with zero attached hydrogens (tertiary/aromatic N) is 3. The Labute approximate surface area is 143 Å². The van der Waals surface area contributed by atoms with Crippen molar-refractivity contribution in [3.63, 3.8) is 0 Å². The van der Waals surface area contributed by atoms with Gasteiger partial charge in [0.15, 0.2) is 0 Å². The van der Waals surface area contributed by atoms with Gasteiger partial charge in [-0.25, -0.2) is 4.68 Å². The molecule has 0 saturated heterocycles. The first-order valence-electron chi connectivity index (χ1n) is 6.02. The molecule has 0 aliphatic heterocycles. The number of anilines is 1. The molecule has 11 heteroatoms. The van der Waals surface area contributed by atoms with Gasteiger partial charge < -0.3 is 5.32 Å². The number of hydrogen-bond donors (Lipinski definition) is 1. The van der Waals surface area contributed by atoms with Crippen molar-refractivity contribution >= 4 is 47.0 Å². The minimum Gasteiger partial charge on any atom is -0.325 e. The van der Waals surface area contributed by atoms with Gasteiger partial charge in [0.25, 0.3) is 0 Å². The van der Waals surface area contributed by atoms with Crippen molar-refractivity contribution in [1.82, 2.24) is 14.3 Å². The summed E-state index contributed by atoms with van der Waals surface area (Å²) in [6.07, 6.45) is -4.74. The predicted octanol–water partition coefficient (Wildman–Crippen LogP) is 4.22. The Morgan fingerprint density at radius 2 is 1.91 bits per heavy atom. The third-order valence-corrected chi connectivity index (χ3v) is 3.83. The Balaban J connectivity index is 2.71. The first kappa shape index (κ1) is 17.8. The van der Waals surface area contributed by atoms with Gasteiger partial charge in [0.2, 0.25) is 16.5 Å². The molecule has 124 valence electrons. The van der Waals surface area contributed by atoms with E-state index >= 15 is 0 Å². The number of alkyl halides is 3. The van der Waals surface area contributed by atoms with Crippen LogP contribution in [0.25, 0.3) is 5.69 Å². The molecular weight excluding hydrogens is 376 g/mol. The zero-order chi connectivity index (χ0) is 17.5. The summed E-state index contributed by atoms with van der Waals surface area (Å²) in [4.78, 5) is 11.1. The van der Waals surface area contributed by atoms with Gasteiger partial charge in [-0.2, -0.15) is 13.2 Å². The second kappa shape index (κ2) is 6.14. The van der Waals surface area contributed by atoms with Gasteiger partial charge in [-0.3, -0.25) is 9.36 Å². The third-order valence-electron chi connectivity index (χ3n) is 2.77. The smallest absolute Gasteiger partial charge is 0.325 e. The summed E-state index contributed by atoms with van der Waals surface area (Å²) in [6, 6.07) is 2.43. The maximum absolute atomic E-state index is 13.1. The summed E-state index contributed by atoms with van der Waals surface area (Å²) in [5.74, 6) is -1.63. The molecule has 1 N–H and O–H groups in total. The van der Waals surface area contributed by atoms with Gasteiger partial charge >= 0.3 is 6.18 Å². The Kier molecular flexibility index (Phi) is 4.74. The number of carbonyl (C=O) groups excluding carboxylic acids is 1. The average molecular weight is 385 g/mol. The van der Waals surface area contributed by atoms with Crippen LogP contribution in [0.15, 0.2) is 12.1 Å². The van der Waals surface area contributed by atoms with Crippen LogP contribution in [0.3, 0.4) is 0 Å². The number of rotatable bonds is 2. The van der Waals surface area contributed by atoms with Gasteiger partial charge in [-0.1, -0.05) is 23.2 Å². The van der Waals surface area contributed by atoms with E-state index in [1.54, 1.807) is 0 Å². The van der Waals surface area contributed by atoms with Crippen LogP contribution < -0.4 is 5.32 Å². The Bertz CT molecular complexity index is 844. The second-order valence-electron chi connectivity index (χ2n) is 4.53. The van der Waals surface area contributed by atoms with Crippen LogP contribution in [-0.4, -0.2) is 20.3 Å². The fraction of sp³-hybridized carbons (Fsp3) is 0.250. The van der Waals surface area contributed by atoms with Gasteiger partial charge in [0.1, 0.15) is 0 Å². The van der Waals surface area contributed by atoms with Crippen LogP contribution in [0.1, 0.15) is 12.7 Å². The van der Waals surface area contributed by atoms with E-state index in [2.05, 4.69) is 10.4 Å². The van der Waals surface area contributed by atoms with Crippen molar-refractivity contribution < 1.29 is 18.0 Å². The Morgan fingerprint density at radius 3 is 2.43 bits per heavy atom. The summed E-state index contributed by atoms with van der Waals surface area (Å²) in [5, 5.41) is 5.74. The molecule has 0 aliphatic rings. The fourth-order valence-corrected chi connectivity index (χ4v) is 2.54. The molecule has 1 amide bonds. The SMILES string of the molecule is CC(=O)Nc1cc(Cl)c(-n2c(C(F)(F)F)nn(C)c2=S)cc1Cl. The fourth-order valence-electron chi connectivity index (χ4n) is 1.86. The van der Waals surface area contributed by atoms with Crippen molar-refractivity contribution in [2.45, 2.75) is 13.1 Å². The van der Waals surface area contributed by atoms with E-state index in [1.165, 1.54) is 26.1 Å². The molecule has 0 atom stereocenters. The molecule has 0 radical (unpaired) electrons. The van der Waals surface area contributed by atoms with Gasteiger partial charge in [0.05, 0.1) is 21.4 Å². The molecule has 0 fully saturated rings. The van der Waals surface area contributed by atoms with E-state index in [0.29, 0.717) is 4.57 Å². The van der Waals surface area contributed by atoms with Crippen molar-refractivity contribution in [3.05, 3.63) is 32.8 Å². The maximum Gasteiger partial charge on any atom is 0.452 e. The molecule has 23 heavy (non-hydrogen) atoms. The standard InChI is InChI=1S/C12H9Cl2F3N4OS/c1-5(22)18-8-3-7(14)9(4-6(8)13)21-10(12(15,16)17)19-20(2)11(21)23/h3-4H,1-2H3,(H,18,22). The maximum atomic E-state index is 13.1. The first-order chi connectivity index (χ1) is 10.5. The number of hydrogen-bond acceptors (Lipinski definition) is 3. The third kappa shape index (κ3) is 3.51. The molecule has 0 bridgehead atoms. The molecule has 1 aromatic carbocycles. The van der Waals surface area contributed by atoms with Crippen molar-refractivity contribution in [2.24, 2.45) is 7.05 Å².